The van der Waals surface area contributed by atoms with Crippen LogP contribution in [0.1, 0.15) is 11.1 Å². The number of sulfonamides is 1. The van der Waals surface area contributed by atoms with Gasteiger partial charge >= 0.3 is 0 Å². The Balaban J connectivity index is 2.30. The lowest BCUT2D eigenvalue weighted by atomic mass is 10.1. The van der Waals surface area contributed by atoms with Crippen LogP contribution in [0.3, 0.4) is 0 Å². The lowest BCUT2D eigenvalue weighted by molar-refractivity contribution is 0.135. The number of nitrogens with one attached hydrogen (secondary N) is 1. The molecular weight excluding hydrogens is 295 g/mol. The lowest BCUT2D eigenvalue weighted by Crippen LogP contribution is -2.52. The number of likely N-dealkylation sites (N-methyl/N-ethyl adjacent to an activating group) is 1. The predicted octanol–water partition coefficient (Wildman–Crippen LogP) is 0.465. The first kappa shape index (κ1) is 16.2. The van der Waals surface area contributed by atoms with Crippen molar-refractivity contribution in [2.75, 3.05) is 39.0 Å². The first-order valence-electron chi connectivity index (χ1n) is 6.73. The molecule has 0 spiro atoms. The van der Waals surface area contributed by atoms with Crippen LogP contribution in [0.25, 0.3) is 0 Å². The first-order chi connectivity index (χ1) is 9.72. The number of piperazine rings is 1. The molecule has 118 valence electrons. The molecule has 0 aromatic heterocycles. The third-order valence-electron chi connectivity index (χ3n) is 3.72. The molecule has 0 radical (unpaired) electrons. The van der Waals surface area contributed by atoms with Gasteiger partial charge in [0, 0.05) is 26.2 Å². The van der Waals surface area contributed by atoms with Crippen molar-refractivity contribution >= 4 is 15.7 Å². The topological polar surface area (TPSA) is 78.7 Å². The van der Waals surface area contributed by atoms with Gasteiger partial charge in [0.2, 0.25) is 0 Å². The number of benzene rings is 1. The SMILES string of the molecule is Cc1cc(F)c(N)c(C)c1S(=O)(=O)NN1CCN(C)CC1. The van der Waals surface area contributed by atoms with Gasteiger partial charge in [-0.15, -0.1) is 4.83 Å². The molecule has 1 aromatic rings. The van der Waals surface area contributed by atoms with Gasteiger partial charge in [-0.25, -0.2) is 17.8 Å². The number of aryl methyl sites for hydroxylation is 1. The fourth-order valence-corrected chi connectivity index (χ4v) is 4.07. The average molecular weight is 316 g/mol. The molecule has 1 aliphatic rings. The molecule has 0 bridgehead atoms. The highest BCUT2D eigenvalue weighted by Gasteiger charge is 2.26. The predicted molar refractivity (Wildman–Crippen MR) is 79.7 cm³/mol. The van der Waals surface area contributed by atoms with E-state index in [4.69, 9.17) is 5.73 Å². The fourth-order valence-electron chi connectivity index (χ4n) is 2.46. The molecular formula is C13H21FN4O2S. The number of halogens is 1. The first-order valence-corrected chi connectivity index (χ1v) is 8.22. The minimum atomic E-state index is -3.77. The van der Waals surface area contributed by atoms with Crippen molar-refractivity contribution in [1.29, 1.82) is 0 Å². The van der Waals surface area contributed by atoms with Crippen LogP contribution in [0.4, 0.5) is 10.1 Å². The number of anilines is 1. The standard InChI is InChI=1S/C13H21FN4O2S/c1-9-8-11(14)12(15)10(2)13(9)21(19,20)16-18-6-4-17(3)5-7-18/h8,16H,4-7,15H2,1-3H3. The van der Waals surface area contributed by atoms with Crippen molar-refractivity contribution in [1.82, 2.24) is 14.7 Å². The van der Waals surface area contributed by atoms with E-state index in [1.54, 1.807) is 11.9 Å². The monoisotopic (exact) mass is 316 g/mol. The smallest absolute Gasteiger partial charge is 0.254 e. The normalized spacial score (nSPS) is 18.1. The number of nitrogen functional groups attached to an aromatic ring is 1. The number of nitrogens with zero attached hydrogens (tertiary/aromatic N) is 2. The number of hydrogen-bond acceptors (Lipinski definition) is 5. The van der Waals surface area contributed by atoms with E-state index in [0.29, 0.717) is 18.7 Å². The minimum Gasteiger partial charge on any atom is -0.396 e. The minimum absolute atomic E-state index is 0.0559. The highest BCUT2D eigenvalue weighted by Crippen LogP contribution is 2.27. The summed E-state index contributed by atoms with van der Waals surface area (Å²) in [7, 11) is -1.78. The summed E-state index contributed by atoms with van der Waals surface area (Å²) in [4.78, 5) is 4.74. The summed E-state index contributed by atoms with van der Waals surface area (Å²) in [6.07, 6.45) is 0. The summed E-state index contributed by atoms with van der Waals surface area (Å²) in [6, 6.07) is 1.15. The maximum Gasteiger partial charge on any atom is 0.254 e. The third-order valence-corrected chi connectivity index (χ3v) is 5.39. The molecule has 1 aliphatic heterocycles. The van der Waals surface area contributed by atoms with Crippen LogP contribution < -0.4 is 10.6 Å². The zero-order valence-electron chi connectivity index (χ0n) is 12.5. The zero-order chi connectivity index (χ0) is 15.8. The van der Waals surface area contributed by atoms with Crippen molar-refractivity contribution in [3.05, 3.63) is 23.0 Å². The molecule has 3 N–H and O–H groups in total. The van der Waals surface area contributed by atoms with Gasteiger partial charge in [-0.3, -0.25) is 0 Å². The Morgan fingerprint density at radius 1 is 1.24 bits per heavy atom. The van der Waals surface area contributed by atoms with Crippen molar-refractivity contribution in [3.63, 3.8) is 0 Å². The van der Waals surface area contributed by atoms with Gasteiger partial charge in [0.1, 0.15) is 5.82 Å². The van der Waals surface area contributed by atoms with Gasteiger partial charge in [0.15, 0.2) is 0 Å². The molecule has 0 aliphatic carbocycles. The molecule has 2 rings (SSSR count). The van der Waals surface area contributed by atoms with Gasteiger partial charge in [-0.1, -0.05) is 0 Å². The van der Waals surface area contributed by atoms with Gasteiger partial charge < -0.3 is 10.6 Å². The Morgan fingerprint density at radius 2 is 1.81 bits per heavy atom. The quantitative estimate of drug-likeness (QED) is 0.792. The van der Waals surface area contributed by atoms with E-state index in [1.165, 1.54) is 6.92 Å². The molecule has 0 saturated carbocycles. The third kappa shape index (κ3) is 3.34. The largest absolute Gasteiger partial charge is 0.396 e. The number of nitrogens with two attached hydrogens (primary N) is 1. The van der Waals surface area contributed by atoms with Crippen LogP contribution >= 0.6 is 0 Å². The Bertz CT molecular complexity index is 640. The van der Waals surface area contributed by atoms with E-state index in [0.717, 1.165) is 19.2 Å². The Morgan fingerprint density at radius 3 is 2.38 bits per heavy atom. The Kier molecular flexibility index (Phi) is 4.52. The van der Waals surface area contributed by atoms with Crippen molar-refractivity contribution < 1.29 is 12.8 Å². The molecule has 1 aromatic carbocycles. The second kappa shape index (κ2) is 5.88. The van der Waals surface area contributed by atoms with E-state index >= 15 is 0 Å². The summed E-state index contributed by atoms with van der Waals surface area (Å²) in [5, 5.41) is 1.66. The molecule has 6 nitrogen and oxygen atoms in total. The van der Waals surface area contributed by atoms with E-state index in [-0.39, 0.29) is 16.1 Å². The number of rotatable bonds is 3. The maximum atomic E-state index is 13.6. The van der Waals surface area contributed by atoms with Crippen LogP contribution in [0.2, 0.25) is 0 Å². The number of hydrazine groups is 1. The summed E-state index contributed by atoms with van der Waals surface area (Å²) in [6.45, 7) is 5.85. The molecule has 0 atom stereocenters. The zero-order valence-corrected chi connectivity index (χ0v) is 13.3. The molecule has 1 heterocycles. The van der Waals surface area contributed by atoms with Crippen molar-refractivity contribution in [2.45, 2.75) is 18.7 Å². The van der Waals surface area contributed by atoms with Gasteiger partial charge in [-0.05, 0) is 38.1 Å². The summed E-state index contributed by atoms with van der Waals surface area (Å²) >= 11 is 0. The molecule has 0 amide bonds. The highest BCUT2D eigenvalue weighted by atomic mass is 32.2. The van der Waals surface area contributed by atoms with Gasteiger partial charge in [-0.2, -0.15) is 0 Å². The van der Waals surface area contributed by atoms with E-state index in [1.807, 2.05) is 7.05 Å². The second-order valence-corrected chi connectivity index (χ2v) is 7.03. The van der Waals surface area contributed by atoms with Crippen molar-refractivity contribution in [3.8, 4) is 0 Å². The van der Waals surface area contributed by atoms with E-state index < -0.39 is 15.8 Å². The van der Waals surface area contributed by atoms with Crippen LogP contribution in [0, 0.1) is 19.7 Å². The van der Waals surface area contributed by atoms with Crippen LogP contribution in [0.15, 0.2) is 11.0 Å². The van der Waals surface area contributed by atoms with Crippen LogP contribution in [-0.4, -0.2) is 51.6 Å². The summed E-state index contributed by atoms with van der Waals surface area (Å²) in [5.41, 5.74) is 6.08. The maximum absolute atomic E-state index is 13.6. The molecule has 1 saturated heterocycles. The van der Waals surface area contributed by atoms with Crippen LogP contribution in [0.5, 0.6) is 0 Å². The summed E-state index contributed by atoms with van der Waals surface area (Å²) < 4.78 is 38.6. The summed E-state index contributed by atoms with van der Waals surface area (Å²) in [5.74, 6) is -0.594. The van der Waals surface area contributed by atoms with Gasteiger partial charge in [0.05, 0.1) is 10.6 Å². The molecule has 1 fully saturated rings. The fraction of sp³-hybridized carbons (Fsp3) is 0.538. The molecule has 8 heteroatoms. The Labute approximate surface area is 124 Å². The van der Waals surface area contributed by atoms with E-state index in [2.05, 4.69) is 9.73 Å². The van der Waals surface area contributed by atoms with Crippen molar-refractivity contribution in [2.24, 2.45) is 0 Å². The molecule has 21 heavy (non-hydrogen) atoms. The molecule has 0 unspecified atom stereocenters. The second-order valence-electron chi connectivity index (χ2n) is 5.43. The van der Waals surface area contributed by atoms with Crippen LogP contribution in [-0.2, 0) is 10.0 Å². The lowest BCUT2D eigenvalue weighted by Gasteiger charge is -2.32. The average Bonchev–Trinajstić information content (AvgIpc) is 2.38. The number of hydrogen-bond donors (Lipinski definition) is 2. The highest BCUT2D eigenvalue weighted by molar-refractivity contribution is 7.89. The Hall–Kier alpha value is -1.22. The van der Waals surface area contributed by atoms with Gasteiger partial charge in [0.25, 0.3) is 10.0 Å². The van der Waals surface area contributed by atoms with E-state index in [9.17, 15) is 12.8 Å².